The van der Waals surface area contributed by atoms with E-state index >= 15 is 0 Å². The molecular weight excluding hydrogens is 240 g/mol. The number of aromatic nitrogens is 3. The Morgan fingerprint density at radius 2 is 2.18 bits per heavy atom. The number of benzene rings is 1. The first kappa shape index (κ1) is 11.4. The number of anilines is 1. The maximum atomic E-state index is 5.96. The zero-order chi connectivity index (χ0) is 12.3. The fraction of sp³-hybridized carbons (Fsp3) is 0.100. The Kier molecular flexibility index (Phi) is 3.24. The summed E-state index contributed by atoms with van der Waals surface area (Å²) in [5, 5.41) is 12.2. The van der Waals surface area contributed by atoms with E-state index in [2.05, 4.69) is 20.7 Å². The quantitative estimate of drug-likeness (QED) is 0.490. The molecule has 0 spiro atoms. The van der Waals surface area contributed by atoms with Gasteiger partial charge in [0.2, 0.25) is 0 Å². The summed E-state index contributed by atoms with van der Waals surface area (Å²) in [6, 6.07) is 7.38. The molecule has 0 bridgehead atoms. The van der Waals surface area contributed by atoms with E-state index in [9.17, 15) is 0 Å². The first-order valence-electron chi connectivity index (χ1n) is 4.89. The number of aryl methyl sites for hydroxylation is 1. The fourth-order valence-corrected chi connectivity index (χ4v) is 1.37. The molecule has 1 aromatic heterocycles. The third-order valence-corrected chi connectivity index (χ3v) is 2.48. The van der Waals surface area contributed by atoms with Crippen molar-refractivity contribution in [2.24, 2.45) is 5.10 Å². The van der Waals surface area contributed by atoms with E-state index in [-0.39, 0.29) is 0 Å². The van der Waals surface area contributed by atoms with Gasteiger partial charge >= 0.3 is 0 Å². The Hall–Kier alpha value is -2.08. The maximum absolute atomic E-state index is 5.96. The van der Waals surface area contributed by atoms with Crippen LogP contribution in [-0.2, 0) is 0 Å². The molecule has 0 radical (unpaired) electrons. The van der Waals surface area contributed by atoms with Crippen molar-refractivity contribution in [1.29, 1.82) is 0 Å². The minimum atomic E-state index is 0.366. The number of nitrogens with zero attached hydrogens (tertiary/aromatic N) is 4. The van der Waals surface area contributed by atoms with Crippen molar-refractivity contribution < 1.29 is 0 Å². The molecule has 0 saturated heterocycles. The molecule has 88 valence electrons. The Bertz CT molecular complexity index is 547. The van der Waals surface area contributed by atoms with Gasteiger partial charge in [-0.2, -0.15) is 5.10 Å². The molecule has 0 atom stereocenters. The average Bonchev–Trinajstić information content (AvgIpc) is 2.63. The van der Waals surface area contributed by atoms with Crippen LogP contribution < -0.4 is 11.3 Å². The summed E-state index contributed by atoms with van der Waals surface area (Å²) >= 11 is 5.96. The van der Waals surface area contributed by atoms with Crippen molar-refractivity contribution in [3.05, 3.63) is 40.7 Å². The fourth-order valence-electron chi connectivity index (χ4n) is 1.18. The second kappa shape index (κ2) is 4.84. The van der Waals surface area contributed by atoms with Gasteiger partial charge in [0.15, 0.2) is 5.82 Å². The van der Waals surface area contributed by atoms with Gasteiger partial charge in [0.05, 0.1) is 6.21 Å². The number of nitrogens with one attached hydrogen (secondary N) is 1. The molecular formula is C10H11ClN6. The molecule has 2 rings (SSSR count). The first-order chi connectivity index (χ1) is 8.18. The van der Waals surface area contributed by atoms with Crippen LogP contribution in [0, 0.1) is 6.92 Å². The Morgan fingerprint density at radius 1 is 1.41 bits per heavy atom. The van der Waals surface area contributed by atoms with Crippen molar-refractivity contribution in [2.45, 2.75) is 6.92 Å². The van der Waals surface area contributed by atoms with Gasteiger partial charge in [-0.1, -0.05) is 29.8 Å². The predicted octanol–water partition coefficient (Wildman–Crippen LogP) is 1.40. The summed E-state index contributed by atoms with van der Waals surface area (Å²) in [4.78, 5) is 0. The number of halogens is 1. The van der Waals surface area contributed by atoms with E-state index in [1.807, 2.05) is 18.2 Å². The Labute approximate surface area is 103 Å². The van der Waals surface area contributed by atoms with Crippen molar-refractivity contribution in [2.75, 3.05) is 11.3 Å². The lowest BCUT2D eigenvalue weighted by molar-refractivity contribution is 0.926. The van der Waals surface area contributed by atoms with E-state index < -0.39 is 0 Å². The van der Waals surface area contributed by atoms with Crippen LogP contribution in [0.4, 0.5) is 5.95 Å². The third kappa shape index (κ3) is 2.54. The summed E-state index contributed by atoms with van der Waals surface area (Å²) in [6.07, 6.45) is 1.59. The highest BCUT2D eigenvalue weighted by Crippen LogP contribution is 2.12. The third-order valence-electron chi connectivity index (χ3n) is 2.14. The maximum Gasteiger partial charge on any atom is 0.263 e. The average molecular weight is 251 g/mol. The first-order valence-corrected chi connectivity index (χ1v) is 5.27. The molecule has 0 amide bonds. The summed E-state index contributed by atoms with van der Waals surface area (Å²) in [7, 11) is 0. The van der Waals surface area contributed by atoms with Crippen molar-refractivity contribution >= 4 is 23.8 Å². The molecule has 6 nitrogen and oxygen atoms in total. The van der Waals surface area contributed by atoms with Gasteiger partial charge in [-0.05, 0) is 13.0 Å². The highest BCUT2D eigenvalue weighted by Gasteiger charge is 2.02. The number of hydrogen-bond acceptors (Lipinski definition) is 5. The number of hydrogen-bond donors (Lipinski definition) is 2. The van der Waals surface area contributed by atoms with Crippen LogP contribution >= 0.6 is 11.6 Å². The van der Waals surface area contributed by atoms with Gasteiger partial charge in [0.25, 0.3) is 5.95 Å². The summed E-state index contributed by atoms with van der Waals surface area (Å²) in [5.74, 6) is 6.61. The number of nitrogens with two attached hydrogens (primary N) is 1. The molecule has 0 aliphatic carbocycles. The van der Waals surface area contributed by atoms with Crippen molar-refractivity contribution in [3.8, 4) is 0 Å². The molecule has 7 heteroatoms. The number of hydrazone groups is 1. The van der Waals surface area contributed by atoms with E-state index in [4.69, 9.17) is 17.4 Å². The van der Waals surface area contributed by atoms with E-state index in [0.29, 0.717) is 16.8 Å². The Balaban J connectivity index is 2.08. The Morgan fingerprint density at radius 3 is 2.82 bits per heavy atom. The minimum absolute atomic E-state index is 0.366. The second-order valence-electron chi connectivity index (χ2n) is 3.33. The largest absolute Gasteiger partial charge is 0.335 e. The van der Waals surface area contributed by atoms with Gasteiger partial charge in [0.1, 0.15) is 0 Å². The molecule has 3 N–H and O–H groups in total. The van der Waals surface area contributed by atoms with Crippen molar-refractivity contribution in [3.63, 3.8) is 0 Å². The van der Waals surface area contributed by atoms with Gasteiger partial charge in [-0.25, -0.2) is 10.1 Å². The molecule has 0 fully saturated rings. The molecule has 0 aliphatic rings. The summed E-state index contributed by atoms with van der Waals surface area (Å²) < 4.78 is 1.31. The zero-order valence-corrected chi connectivity index (χ0v) is 9.89. The molecule has 0 unspecified atom stereocenters. The highest BCUT2D eigenvalue weighted by atomic mass is 35.5. The van der Waals surface area contributed by atoms with E-state index in [0.717, 1.165) is 5.56 Å². The van der Waals surface area contributed by atoms with Crippen LogP contribution in [0.2, 0.25) is 5.02 Å². The number of nitrogen functional groups attached to an aromatic ring is 1. The second-order valence-corrected chi connectivity index (χ2v) is 3.74. The molecule has 0 saturated carbocycles. The van der Waals surface area contributed by atoms with Crippen LogP contribution in [0.1, 0.15) is 11.4 Å². The number of rotatable bonds is 3. The minimum Gasteiger partial charge on any atom is -0.335 e. The van der Waals surface area contributed by atoms with Gasteiger partial charge < -0.3 is 5.84 Å². The van der Waals surface area contributed by atoms with Crippen LogP contribution in [-0.4, -0.2) is 21.1 Å². The monoisotopic (exact) mass is 250 g/mol. The topological polar surface area (TPSA) is 81.1 Å². The van der Waals surface area contributed by atoms with Crippen LogP contribution in [0.5, 0.6) is 0 Å². The smallest absolute Gasteiger partial charge is 0.263 e. The lowest BCUT2D eigenvalue weighted by Gasteiger charge is -1.99. The van der Waals surface area contributed by atoms with Crippen LogP contribution in [0.25, 0.3) is 0 Å². The summed E-state index contributed by atoms with van der Waals surface area (Å²) in [6.45, 7) is 1.75. The van der Waals surface area contributed by atoms with E-state index in [1.165, 1.54) is 4.68 Å². The zero-order valence-electron chi connectivity index (χ0n) is 9.13. The molecule has 1 aromatic carbocycles. The summed E-state index contributed by atoms with van der Waals surface area (Å²) in [5.41, 5.74) is 3.49. The molecule has 0 aliphatic heterocycles. The van der Waals surface area contributed by atoms with Gasteiger partial charge in [-0.3, -0.25) is 0 Å². The predicted molar refractivity (Wildman–Crippen MR) is 67.6 cm³/mol. The SMILES string of the molecule is Cc1nnc(NN=Cc2ccccc2Cl)n1N. The molecule has 2 aromatic rings. The normalized spacial score (nSPS) is 10.9. The lowest BCUT2D eigenvalue weighted by atomic mass is 10.2. The van der Waals surface area contributed by atoms with Crippen molar-refractivity contribution in [1.82, 2.24) is 14.9 Å². The lowest BCUT2D eigenvalue weighted by Crippen LogP contribution is -2.13. The highest BCUT2D eigenvalue weighted by molar-refractivity contribution is 6.33. The van der Waals surface area contributed by atoms with Crippen LogP contribution in [0.15, 0.2) is 29.4 Å². The molecule has 1 heterocycles. The standard InChI is InChI=1S/C10H11ClN6/c1-7-14-16-10(17(7)12)15-13-6-8-4-2-3-5-9(8)11/h2-6H,12H2,1H3,(H,15,16). The van der Waals surface area contributed by atoms with Crippen LogP contribution in [0.3, 0.4) is 0 Å². The van der Waals surface area contributed by atoms with Gasteiger partial charge in [0, 0.05) is 10.6 Å². The molecule has 17 heavy (non-hydrogen) atoms. The van der Waals surface area contributed by atoms with Gasteiger partial charge in [-0.15, -0.1) is 10.2 Å². The van der Waals surface area contributed by atoms with E-state index in [1.54, 1.807) is 19.2 Å².